The molecule has 0 bridgehead atoms. The van der Waals surface area contributed by atoms with Crippen molar-refractivity contribution >= 4 is 5.91 Å². The Kier molecular flexibility index (Phi) is 6.68. The molecule has 0 aliphatic carbocycles. The highest BCUT2D eigenvalue weighted by Gasteiger charge is 2.18. The van der Waals surface area contributed by atoms with Crippen LogP contribution in [0.1, 0.15) is 29.0 Å². The Morgan fingerprint density at radius 2 is 1.57 bits per heavy atom. The van der Waals surface area contributed by atoms with Crippen molar-refractivity contribution in [1.82, 2.24) is 0 Å². The molecule has 0 saturated heterocycles. The van der Waals surface area contributed by atoms with Gasteiger partial charge in [0.05, 0.1) is 13.0 Å². The highest BCUT2D eigenvalue weighted by Crippen LogP contribution is 2.30. The fraction of sp³-hybridized carbons (Fsp3) is 0.208. The zero-order chi connectivity index (χ0) is 19.8. The number of hydrogen-bond acceptors (Lipinski definition) is 3. The summed E-state index contributed by atoms with van der Waals surface area (Å²) in [6, 6.07) is 25.5. The molecular weight excluding hydrogens is 350 g/mol. The number of primary amides is 1. The summed E-state index contributed by atoms with van der Waals surface area (Å²) in [5.41, 5.74) is 8.75. The molecule has 4 nitrogen and oxygen atoms in total. The lowest BCUT2D eigenvalue weighted by molar-refractivity contribution is -0.119. The first-order chi connectivity index (χ1) is 13.7. The average Bonchev–Trinajstić information content (AvgIpc) is 2.74. The van der Waals surface area contributed by atoms with Crippen LogP contribution in [0.3, 0.4) is 0 Å². The summed E-state index contributed by atoms with van der Waals surface area (Å²) in [5, 5.41) is 0. The van der Waals surface area contributed by atoms with Crippen molar-refractivity contribution in [2.75, 3.05) is 7.11 Å². The fourth-order valence-electron chi connectivity index (χ4n) is 3.19. The van der Waals surface area contributed by atoms with Crippen LogP contribution in [0, 0.1) is 0 Å². The normalized spacial score (nSPS) is 11.6. The summed E-state index contributed by atoms with van der Waals surface area (Å²) in [6.45, 7) is 0.480. The molecule has 1 amide bonds. The van der Waals surface area contributed by atoms with E-state index in [1.165, 1.54) is 0 Å². The summed E-state index contributed by atoms with van der Waals surface area (Å²) >= 11 is 0. The quantitative estimate of drug-likeness (QED) is 0.600. The maximum atomic E-state index is 11.9. The Labute approximate surface area is 165 Å². The smallest absolute Gasteiger partial charge is 0.224 e. The highest BCUT2D eigenvalue weighted by molar-refractivity contribution is 5.81. The Hall–Kier alpha value is -3.27. The molecule has 0 fully saturated rings. The Morgan fingerprint density at radius 1 is 0.893 bits per heavy atom. The van der Waals surface area contributed by atoms with Crippen molar-refractivity contribution in [3.8, 4) is 11.5 Å². The van der Waals surface area contributed by atoms with E-state index in [1.807, 2.05) is 78.9 Å². The van der Waals surface area contributed by atoms with Gasteiger partial charge in [0.25, 0.3) is 0 Å². The number of carbonyl (C=O) groups excluding carboxylic acids is 1. The first-order valence-electron chi connectivity index (χ1n) is 9.35. The first-order valence-corrected chi connectivity index (χ1v) is 9.35. The minimum atomic E-state index is -0.305. The highest BCUT2D eigenvalue weighted by atomic mass is 16.5. The molecule has 0 aromatic heterocycles. The molecule has 3 rings (SSSR count). The van der Waals surface area contributed by atoms with E-state index in [0.717, 1.165) is 23.1 Å². The molecular formula is C24H25NO3. The van der Waals surface area contributed by atoms with Crippen molar-refractivity contribution in [2.45, 2.75) is 25.4 Å². The van der Waals surface area contributed by atoms with Crippen LogP contribution >= 0.6 is 0 Å². The lowest BCUT2D eigenvalue weighted by Gasteiger charge is -2.15. The topological polar surface area (TPSA) is 61.5 Å². The molecule has 0 radical (unpaired) electrons. The Balaban J connectivity index is 1.66. The predicted octanol–water partition coefficient (Wildman–Crippen LogP) is 4.48. The van der Waals surface area contributed by atoms with Gasteiger partial charge in [0, 0.05) is 0 Å². The van der Waals surface area contributed by atoms with E-state index in [9.17, 15) is 4.79 Å². The predicted molar refractivity (Wildman–Crippen MR) is 110 cm³/mol. The van der Waals surface area contributed by atoms with Crippen molar-refractivity contribution in [1.29, 1.82) is 0 Å². The van der Waals surface area contributed by atoms with E-state index in [0.29, 0.717) is 24.5 Å². The van der Waals surface area contributed by atoms with Gasteiger partial charge < -0.3 is 15.2 Å². The van der Waals surface area contributed by atoms with Gasteiger partial charge >= 0.3 is 0 Å². The van der Waals surface area contributed by atoms with Gasteiger partial charge in [-0.25, -0.2) is 0 Å². The molecule has 0 aliphatic heterocycles. The number of benzene rings is 3. The SMILES string of the molecule is COc1cc(CCC(C(N)=O)c2ccccc2)ccc1OCc1ccccc1. The van der Waals surface area contributed by atoms with Gasteiger partial charge in [-0.3, -0.25) is 4.79 Å². The van der Waals surface area contributed by atoms with Crippen LogP contribution in [0.4, 0.5) is 0 Å². The second kappa shape index (κ2) is 9.60. The number of nitrogens with two attached hydrogens (primary N) is 1. The number of methoxy groups -OCH3 is 1. The van der Waals surface area contributed by atoms with E-state index in [1.54, 1.807) is 7.11 Å². The summed E-state index contributed by atoms with van der Waals surface area (Å²) in [7, 11) is 1.63. The largest absolute Gasteiger partial charge is 0.493 e. The van der Waals surface area contributed by atoms with Crippen LogP contribution in [-0.2, 0) is 17.8 Å². The van der Waals surface area contributed by atoms with Gasteiger partial charge in [-0.05, 0) is 41.7 Å². The molecule has 28 heavy (non-hydrogen) atoms. The molecule has 4 heteroatoms. The molecule has 1 atom stereocenters. The zero-order valence-corrected chi connectivity index (χ0v) is 16.0. The Bertz CT molecular complexity index is 894. The lowest BCUT2D eigenvalue weighted by atomic mass is 9.92. The van der Waals surface area contributed by atoms with E-state index in [4.69, 9.17) is 15.2 Å². The minimum Gasteiger partial charge on any atom is -0.493 e. The molecule has 0 saturated carbocycles. The van der Waals surface area contributed by atoms with Gasteiger partial charge in [-0.15, -0.1) is 0 Å². The van der Waals surface area contributed by atoms with E-state index < -0.39 is 0 Å². The van der Waals surface area contributed by atoms with Crippen LogP contribution in [0.15, 0.2) is 78.9 Å². The fourth-order valence-corrected chi connectivity index (χ4v) is 3.19. The molecule has 2 N–H and O–H groups in total. The number of amides is 1. The van der Waals surface area contributed by atoms with Crippen LogP contribution in [0.2, 0.25) is 0 Å². The van der Waals surface area contributed by atoms with E-state index in [2.05, 4.69) is 0 Å². The number of carbonyl (C=O) groups is 1. The second-order valence-corrected chi connectivity index (χ2v) is 6.66. The van der Waals surface area contributed by atoms with E-state index in [-0.39, 0.29) is 11.8 Å². The summed E-state index contributed by atoms with van der Waals surface area (Å²) in [4.78, 5) is 11.9. The standard InChI is InChI=1S/C24H25NO3/c1-27-23-16-18(12-14-21(24(25)26)20-10-6-3-7-11-20)13-15-22(23)28-17-19-8-4-2-5-9-19/h2-11,13,15-16,21H,12,14,17H2,1H3,(H2,25,26). The molecule has 1 unspecified atom stereocenters. The average molecular weight is 375 g/mol. The van der Waals surface area contributed by atoms with Crippen LogP contribution in [0.5, 0.6) is 11.5 Å². The number of hydrogen-bond donors (Lipinski definition) is 1. The maximum absolute atomic E-state index is 11.9. The summed E-state index contributed by atoms with van der Waals surface area (Å²) in [6.07, 6.45) is 1.37. The van der Waals surface area contributed by atoms with Crippen molar-refractivity contribution in [3.05, 3.63) is 95.6 Å². The molecule has 0 aliphatic rings. The van der Waals surface area contributed by atoms with Crippen molar-refractivity contribution < 1.29 is 14.3 Å². The molecule has 0 heterocycles. The van der Waals surface area contributed by atoms with E-state index >= 15 is 0 Å². The summed E-state index contributed by atoms with van der Waals surface area (Å²) in [5.74, 6) is 0.774. The van der Waals surface area contributed by atoms with Crippen LogP contribution in [-0.4, -0.2) is 13.0 Å². The third-order valence-corrected chi connectivity index (χ3v) is 4.73. The van der Waals surface area contributed by atoms with Crippen molar-refractivity contribution in [3.63, 3.8) is 0 Å². The molecule has 3 aromatic carbocycles. The minimum absolute atomic E-state index is 0.304. The second-order valence-electron chi connectivity index (χ2n) is 6.66. The maximum Gasteiger partial charge on any atom is 0.224 e. The number of aryl methyl sites for hydroxylation is 1. The lowest BCUT2D eigenvalue weighted by Crippen LogP contribution is -2.22. The van der Waals surface area contributed by atoms with Crippen molar-refractivity contribution in [2.24, 2.45) is 5.73 Å². The molecule has 144 valence electrons. The molecule has 0 spiro atoms. The van der Waals surface area contributed by atoms with Gasteiger partial charge in [0.1, 0.15) is 6.61 Å². The summed E-state index contributed by atoms with van der Waals surface area (Å²) < 4.78 is 11.4. The zero-order valence-electron chi connectivity index (χ0n) is 16.0. The Morgan fingerprint density at radius 3 is 2.21 bits per heavy atom. The van der Waals surface area contributed by atoms with Crippen LogP contribution in [0.25, 0.3) is 0 Å². The monoisotopic (exact) mass is 375 g/mol. The van der Waals surface area contributed by atoms with Crippen LogP contribution < -0.4 is 15.2 Å². The third-order valence-electron chi connectivity index (χ3n) is 4.73. The third kappa shape index (κ3) is 5.13. The van der Waals surface area contributed by atoms with Gasteiger partial charge in [0.2, 0.25) is 5.91 Å². The van der Waals surface area contributed by atoms with Gasteiger partial charge in [-0.1, -0.05) is 66.7 Å². The first kappa shape index (κ1) is 19.5. The van der Waals surface area contributed by atoms with Gasteiger partial charge in [-0.2, -0.15) is 0 Å². The van der Waals surface area contributed by atoms with Gasteiger partial charge in [0.15, 0.2) is 11.5 Å². The number of ether oxygens (including phenoxy) is 2. The molecule has 3 aromatic rings. The number of rotatable bonds is 9.